The topological polar surface area (TPSA) is 16.4 Å². The normalized spacial score (nSPS) is 11.6. The maximum atomic E-state index is 6.92. The number of hydrogen-bond acceptors (Lipinski definition) is 3. The maximum Gasteiger partial charge on any atom is 0.159 e. The molecule has 0 atom stereocenters. The van der Waals surface area contributed by atoms with Gasteiger partial charge in [-0.1, -0.05) is 176 Å². The molecule has 55 heavy (non-hydrogen) atoms. The van der Waals surface area contributed by atoms with Crippen molar-refractivity contribution < 1.29 is 4.42 Å². The fraction of sp³-hybridized carbons (Fsp3) is 0. The minimum Gasteiger partial charge on any atom is -0.454 e. The quantitative estimate of drug-likeness (QED) is 0.155. The third-order valence-corrected chi connectivity index (χ3v) is 11.7. The minimum absolute atomic E-state index is 0.776. The van der Waals surface area contributed by atoms with Crippen molar-refractivity contribution in [2.24, 2.45) is 0 Å². The predicted molar refractivity (Wildman–Crippen MR) is 238 cm³/mol. The molecule has 0 aliphatic carbocycles. The first-order chi connectivity index (χ1) is 27.2. The Morgan fingerprint density at radius 3 is 1.98 bits per heavy atom. The smallest absolute Gasteiger partial charge is 0.159 e. The Labute approximate surface area is 324 Å². The molecule has 0 saturated heterocycles. The van der Waals surface area contributed by atoms with Crippen LogP contribution in [-0.2, 0) is 0 Å². The number of nitrogens with zero attached hydrogens (tertiary/aromatic N) is 1. The number of furan rings is 1. The first kappa shape index (κ1) is 32.7. The second-order valence-electron chi connectivity index (χ2n) is 13.7. The van der Waals surface area contributed by atoms with Gasteiger partial charge in [0.25, 0.3) is 0 Å². The molecule has 0 fully saturated rings. The molecule has 0 spiro atoms. The van der Waals surface area contributed by atoms with Crippen LogP contribution in [0.5, 0.6) is 0 Å². The monoisotopic (exact) mass is 721 g/mol. The third kappa shape index (κ3) is 5.74. The second kappa shape index (κ2) is 13.8. The minimum atomic E-state index is 0.776. The summed E-state index contributed by atoms with van der Waals surface area (Å²) in [6, 6.07) is 64.9. The van der Waals surface area contributed by atoms with Crippen molar-refractivity contribution in [2.75, 3.05) is 4.90 Å². The molecule has 260 valence electrons. The van der Waals surface area contributed by atoms with Gasteiger partial charge < -0.3 is 9.32 Å². The highest BCUT2D eigenvalue weighted by atomic mass is 32.1. The van der Waals surface area contributed by atoms with E-state index in [1.807, 2.05) is 35.6 Å². The van der Waals surface area contributed by atoms with Crippen molar-refractivity contribution in [3.63, 3.8) is 0 Å². The molecule has 10 rings (SSSR count). The average Bonchev–Trinajstić information content (AvgIpc) is 3.82. The molecule has 2 nitrogen and oxygen atoms in total. The van der Waals surface area contributed by atoms with Crippen LogP contribution in [0.1, 0.15) is 16.9 Å². The van der Waals surface area contributed by atoms with E-state index >= 15 is 0 Å². The van der Waals surface area contributed by atoms with Crippen molar-refractivity contribution in [1.82, 2.24) is 0 Å². The first-order valence-corrected chi connectivity index (χ1v) is 19.4. The van der Waals surface area contributed by atoms with Gasteiger partial charge in [0.1, 0.15) is 5.76 Å². The SMILES string of the molecule is C=Cc1c(/C=C/c2ccccc2)oc2c(N(c3cccc4ccccc34)c3ccc(-c4ccccc4)c4sc5cc(-c6ccccc6)ccc5c34)cccc12. The Morgan fingerprint density at radius 2 is 1.18 bits per heavy atom. The number of rotatable bonds is 8. The average molecular weight is 722 g/mol. The summed E-state index contributed by atoms with van der Waals surface area (Å²) in [6.45, 7) is 4.23. The summed E-state index contributed by atoms with van der Waals surface area (Å²) in [5.74, 6) is 0.776. The van der Waals surface area contributed by atoms with Gasteiger partial charge in [-0.3, -0.25) is 0 Å². The van der Waals surface area contributed by atoms with Crippen molar-refractivity contribution in [2.45, 2.75) is 0 Å². The van der Waals surface area contributed by atoms with E-state index in [9.17, 15) is 0 Å². The van der Waals surface area contributed by atoms with Crippen LogP contribution in [0, 0.1) is 0 Å². The van der Waals surface area contributed by atoms with Crippen LogP contribution in [0.4, 0.5) is 17.1 Å². The van der Waals surface area contributed by atoms with E-state index in [1.54, 1.807) is 0 Å². The highest BCUT2D eigenvalue weighted by Crippen LogP contribution is 2.51. The molecule has 0 aliphatic heterocycles. The van der Waals surface area contributed by atoms with Gasteiger partial charge in [-0.15, -0.1) is 11.3 Å². The van der Waals surface area contributed by atoms with Crippen LogP contribution in [-0.4, -0.2) is 0 Å². The molecule has 0 saturated carbocycles. The number of hydrogen-bond donors (Lipinski definition) is 0. The molecule has 0 bridgehead atoms. The summed E-state index contributed by atoms with van der Waals surface area (Å²) < 4.78 is 9.42. The molecular weight excluding hydrogens is 687 g/mol. The van der Waals surface area contributed by atoms with E-state index in [1.165, 1.54) is 47.8 Å². The Kier molecular flexibility index (Phi) is 8.20. The first-order valence-electron chi connectivity index (χ1n) is 18.5. The van der Waals surface area contributed by atoms with Gasteiger partial charge in [0.05, 0.1) is 17.1 Å². The highest BCUT2D eigenvalue weighted by Gasteiger charge is 2.25. The van der Waals surface area contributed by atoms with E-state index in [4.69, 9.17) is 4.42 Å². The van der Waals surface area contributed by atoms with Gasteiger partial charge in [-0.05, 0) is 63.5 Å². The fourth-order valence-corrected chi connectivity index (χ4v) is 9.18. The molecule has 2 aromatic heterocycles. The van der Waals surface area contributed by atoms with Crippen molar-refractivity contribution in [3.8, 4) is 22.3 Å². The summed E-state index contributed by atoms with van der Waals surface area (Å²) in [5, 5.41) is 5.79. The molecule has 10 aromatic rings. The number of benzene rings is 8. The van der Waals surface area contributed by atoms with Gasteiger partial charge in [0, 0.05) is 36.5 Å². The second-order valence-corrected chi connectivity index (χ2v) is 14.7. The highest BCUT2D eigenvalue weighted by molar-refractivity contribution is 7.26. The summed E-state index contributed by atoms with van der Waals surface area (Å²) >= 11 is 1.86. The zero-order valence-electron chi connectivity index (χ0n) is 30.0. The Balaban J connectivity index is 1.28. The van der Waals surface area contributed by atoms with Crippen LogP contribution in [0.2, 0.25) is 0 Å². The van der Waals surface area contributed by atoms with E-state index in [2.05, 4.69) is 187 Å². The van der Waals surface area contributed by atoms with Crippen molar-refractivity contribution in [3.05, 3.63) is 205 Å². The lowest BCUT2D eigenvalue weighted by Gasteiger charge is -2.28. The number of thiophene rings is 1. The van der Waals surface area contributed by atoms with Gasteiger partial charge in [-0.25, -0.2) is 0 Å². The molecule has 0 unspecified atom stereocenters. The van der Waals surface area contributed by atoms with Crippen LogP contribution >= 0.6 is 11.3 Å². The lowest BCUT2D eigenvalue weighted by atomic mass is 9.98. The van der Waals surface area contributed by atoms with E-state index in [0.717, 1.165) is 50.3 Å². The molecular formula is C52H35NOS. The lowest BCUT2D eigenvalue weighted by molar-refractivity contribution is 0.604. The van der Waals surface area contributed by atoms with Gasteiger partial charge >= 0.3 is 0 Å². The third-order valence-electron chi connectivity index (χ3n) is 10.5. The number of para-hydroxylation sites is 1. The van der Waals surface area contributed by atoms with Gasteiger partial charge in [0.2, 0.25) is 0 Å². The number of anilines is 3. The zero-order valence-corrected chi connectivity index (χ0v) is 30.8. The van der Waals surface area contributed by atoms with Crippen LogP contribution in [0.15, 0.2) is 193 Å². The van der Waals surface area contributed by atoms with E-state index in [-0.39, 0.29) is 0 Å². The largest absolute Gasteiger partial charge is 0.454 e. The van der Waals surface area contributed by atoms with Crippen LogP contribution in [0.3, 0.4) is 0 Å². The molecule has 0 radical (unpaired) electrons. The van der Waals surface area contributed by atoms with Gasteiger partial charge in [0.15, 0.2) is 5.58 Å². The summed E-state index contributed by atoms with van der Waals surface area (Å²) in [5.41, 5.74) is 10.9. The molecule has 0 amide bonds. The Hall–Kier alpha value is -6.94. The van der Waals surface area contributed by atoms with Crippen LogP contribution < -0.4 is 4.90 Å². The van der Waals surface area contributed by atoms with E-state index < -0.39 is 0 Å². The van der Waals surface area contributed by atoms with Crippen LogP contribution in [0.25, 0.3) is 82.4 Å². The lowest BCUT2D eigenvalue weighted by Crippen LogP contribution is -2.11. The summed E-state index contributed by atoms with van der Waals surface area (Å²) in [7, 11) is 0. The van der Waals surface area contributed by atoms with Crippen molar-refractivity contribution in [1.29, 1.82) is 0 Å². The van der Waals surface area contributed by atoms with E-state index in [0.29, 0.717) is 0 Å². The summed E-state index contributed by atoms with van der Waals surface area (Å²) in [4.78, 5) is 2.42. The Bertz CT molecular complexity index is 3040. The maximum absolute atomic E-state index is 6.92. The molecule has 0 N–H and O–H groups in total. The molecule has 3 heteroatoms. The fourth-order valence-electron chi connectivity index (χ4n) is 7.88. The van der Waals surface area contributed by atoms with Crippen molar-refractivity contribution >= 4 is 88.5 Å². The molecule has 8 aromatic carbocycles. The van der Waals surface area contributed by atoms with Gasteiger partial charge in [-0.2, -0.15) is 0 Å². The zero-order chi connectivity index (χ0) is 36.7. The summed E-state index contributed by atoms with van der Waals surface area (Å²) in [6.07, 6.45) is 6.06. The number of fused-ring (bicyclic) bond motifs is 5. The molecule has 2 heterocycles. The molecule has 0 aliphatic rings. The Morgan fingerprint density at radius 1 is 0.509 bits per heavy atom. The predicted octanol–water partition coefficient (Wildman–Crippen LogP) is 15.6. The standard InChI is InChI=1S/C52H35NOS/c1-2-40-43-25-15-27-47(51(43)54-48(40)33-28-35-16-6-3-7-17-35)53(45-26-14-23-37-22-12-13-24-41(37)45)46-32-31-42(38-20-10-5-11-21-38)52-50(46)44-30-29-39(34-49(44)55-52)36-18-8-4-9-19-36/h2-34H,1H2/b33-28+.